The molecule has 6 heteroatoms. The monoisotopic (exact) mass is 1110 g/mol. The number of esters is 3. The molecule has 454 valence electrons. The molecule has 0 saturated heterocycles. The minimum absolute atomic E-state index is 0.0892. The summed E-state index contributed by atoms with van der Waals surface area (Å²) < 4.78 is 16.9. The van der Waals surface area contributed by atoms with E-state index in [2.05, 4.69) is 154 Å². The van der Waals surface area contributed by atoms with E-state index in [9.17, 15) is 14.4 Å². The molecule has 0 heterocycles. The molecule has 0 aromatic rings. The van der Waals surface area contributed by atoms with E-state index in [-0.39, 0.29) is 31.1 Å². The molecule has 0 aliphatic rings. The zero-order valence-corrected chi connectivity index (χ0v) is 52.0. The van der Waals surface area contributed by atoms with Gasteiger partial charge in [-0.25, -0.2) is 0 Å². The largest absolute Gasteiger partial charge is 0.462 e. The summed E-state index contributed by atoms with van der Waals surface area (Å²) >= 11 is 0. The van der Waals surface area contributed by atoms with Crippen molar-refractivity contribution in [1.82, 2.24) is 0 Å². The van der Waals surface area contributed by atoms with Crippen LogP contribution in [0.5, 0.6) is 0 Å². The number of carbonyl (C=O) groups excluding carboxylic acids is 3. The summed E-state index contributed by atoms with van der Waals surface area (Å²) in [5, 5.41) is 0. The van der Waals surface area contributed by atoms with E-state index >= 15 is 0 Å². The molecule has 1 atom stereocenters. The molecule has 0 aromatic heterocycles. The van der Waals surface area contributed by atoms with Gasteiger partial charge in [0.1, 0.15) is 13.2 Å². The van der Waals surface area contributed by atoms with Crippen molar-refractivity contribution < 1.29 is 28.6 Å². The molecule has 0 aromatic carbocycles. The molecule has 0 N–H and O–H groups in total. The molecular weight excluding hydrogens is 985 g/mol. The van der Waals surface area contributed by atoms with Gasteiger partial charge in [-0.2, -0.15) is 0 Å². The maximum atomic E-state index is 12.9. The van der Waals surface area contributed by atoms with Crippen LogP contribution in [0.1, 0.15) is 297 Å². The Morgan fingerprint density at radius 3 is 0.775 bits per heavy atom. The summed E-state index contributed by atoms with van der Waals surface area (Å²) in [7, 11) is 0. The second-order valence-electron chi connectivity index (χ2n) is 21.6. The summed E-state index contributed by atoms with van der Waals surface area (Å²) in [6.07, 6.45) is 94.6. The standard InChI is InChI=1S/C74H122O6/c1-4-7-10-13-16-19-22-25-27-28-29-30-31-32-33-34-35-36-37-38-39-40-41-42-43-44-45-46-47-50-52-55-58-61-64-67-73(76)79-70-71(69-78-72(75)66-63-60-57-54-51-48-24-21-18-15-12-9-6-3)80-74(77)68-65-62-59-56-53-49-26-23-20-17-14-11-8-5-2/h7,10,16,19,23,25-27,29-30,32-33,35-36,38-39,41-42,44-45,47,50,71H,4-6,8-9,11-15,17-18,20-22,24,28,31,34,37,40,43,46,48-49,51-70H2,1-3H3/b10-7-,19-16-,26-23-,27-25-,30-29-,33-32-,36-35-,39-38-,42-41-,45-44-,50-47-. The van der Waals surface area contributed by atoms with Crippen molar-refractivity contribution in [3.05, 3.63) is 134 Å². The fraction of sp³-hybridized carbons (Fsp3) is 0.662. The molecule has 0 radical (unpaired) electrons. The lowest BCUT2D eigenvalue weighted by molar-refractivity contribution is -0.167. The molecule has 0 fully saturated rings. The maximum Gasteiger partial charge on any atom is 0.306 e. The van der Waals surface area contributed by atoms with E-state index < -0.39 is 6.10 Å². The maximum absolute atomic E-state index is 12.9. The van der Waals surface area contributed by atoms with Gasteiger partial charge in [0.15, 0.2) is 6.10 Å². The molecule has 0 aliphatic carbocycles. The zero-order chi connectivity index (χ0) is 57.8. The molecular formula is C74H122O6. The minimum Gasteiger partial charge on any atom is -0.462 e. The lowest BCUT2D eigenvalue weighted by Gasteiger charge is -2.18. The SMILES string of the molecule is CC/C=C\C/C=C\C/C=C\C/C=C\C/C=C\C/C=C\C/C=C\C/C=C\C/C=C\C/C=C\CCCCCCC(=O)OCC(COC(=O)CCCCCCCCCCCCCCC)OC(=O)CCCCCCC/C=C\CCCCCCC. The van der Waals surface area contributed by atoms with Crippen molar-refractivity contribution in [2.45, 2.75) is 303 Å². The van der Waals surface area contributed by atoms with Gasteiger partial charge in [0, 0.05) is 19.3 Å². The lowest BCUT2D eigenvalue weighted by atomic mass is 10.0. The molecule has 0 aliphatic heterocycles. The van der Waals surface area contributed by atoms with Gasteiger partial charge in [-0.05, 0) is 122 Å². The highest BCUT2D eigenvalue weighted by Gasteiger charge is 2.19. The van der Waals surface area contributed by atoms with Crippen LogP contribution in [-0.2, 0) is 28.6 Å². The first-order chi connectivity index (χ1) is 39.5. The van der Waals surface area contributed by atoms with Crippen molar-refractivity contribution in [2.75, 3.05) is 13.2 Å². The topological polar surface area (TPSA) is 78.9 Å². The smallest absolute Gasteiger partial charge is 0.306 e. The Morgan fingerprint density at radius 2 is 0.487 bits per heavy atom. The second-order valence-corrected chi connectivity index (χ2v) is 21.6. The third-order valence-electron chi connectivity index (χ3n) is 13.9. The highest BCUT2D eigenvalue weighted by Crippen LogP contribution is 2.15. The van der Waals surface area contributed by atoms with Crippen LogP contribution in [-0.4, -0.2) is 37.2 Å². The van der Waals surface area contributed by atoms with Crippen LogP contribution in [0.4, 0.5) is 0 Å². The first-order valence-corrected chi connectivity index (χ1v) is 33.2. The number of unbranched alkanes of at least 4 members (excludes halogenated alkanes) is 26. The fourth-order valence-corrected chi connectivity index (χ4v) is 8.94. The summed E-state index contributed by atoms with van der Waals surface area (Å²) in [4.78, 5) is 38.2. The van der Waals surface area contributed by atoms with Crippen LogP contribution in [0, 0.1) is 0 Å². The van der Waals surface area contributed by atoms with E-state index in [1.54, 1.807) is 0 Å². The summed E-state index contributed by atoms with van der Waals surface area (Å²) in [6.45, 7) is 6.50. The van der Waals surface area contributed by atoms with Crippen molar-refractivity contribution in [1.29, 1.82) is 0 Å². The molecule has 6 nitrogen and oxygen atoms in total. The molecule has 80 heavy (non-hydrogen) atoms. The van der Waals surface area contributed by atoms with Crippen LogP contribution >= 0.6 is 0 Å². The first-order valence-electron chi connectivity index (χ1n) is 33.2. The predicted octanol–water partition coefficient (Wildman–Crippen LogP) is 22.9. The molecule has 0 spiro atoms. The molecule has 0 rings (SSSR count). The summed E-state index contributed by atoms with van der Waals surface area (Å²) in [5.41, 5.74) is 0. The van der Waals surface area contributed by atoms with Gasteiger partial charge in [0.05, 0.1) is 0 Å². The van der Waals surface area contributed by atoms with E-state index in [0.29, 0.717) is 19.3 Å². The molecule has 0 bridgehead atoms. The Balaban J connectivity index is 4.30. The number of hydrogen-bond donors (Lipinski definition) is 0. The van der Waals surface area contributed by atoms with E-state index in [1.165, 1.54) is 109 Å². The predicted molar refractivity (Wildman–Crippen MR) is 348 cm³/mol. The van der Waals surface area contributed by atoms with Gasteiger partial charge < -0.3 is 14.2 Å². The van der Waals surface area contributed by atoms with Gasteiger partial charge in [0.2, 0.25) is 0 Å². The highest BCUT2D eigenvalue weighted by atomic mass is 16.6. The van der Waals surface area contributed by atoms with Crippen LogP contribution in [0.3, 0.4) is 0 Å². The third kappa shape index (κ3) is 64.4. The Bertz CT molecular complexity index is 1700. The van der Waals surface area contributed by atoms with Crippen LogP contribution in [0.15, 0.2) is 134 Å². The Kier molecular flexibility index (Phi) is 63.3. The quantitative estimate of drug-likeness (QED) is 0.0261. The Labute approximate surface area is 494 Å². The zero-order valence-electron chi connectivity index (χ0n) is 52.0. The van der Waals surface area contributed by atoms with Gasteiger partial charge >= 0.3 is 17.9 Å². The average molecular weight is 1110 g/mol. The van der Waals surface area contributed by atoms with Crippen molar-refractivity contribution >= 4 is 17.9 Å². The number of hydrogen-bond acceptors (Lipinski definition) is 6. The van der Waals surface area contributed by atoms with Crippen molar-refractivity contribution in [3.8, 4) is 0 Å². The fourth-order valence-electron chi connectivity index (χ4n) is 8.94. The first kappa shape index (κ1) is 75.5. The van der Waals surface area contributed by atoms with Crippen molar-refractivity contribution in [2.24, 2.45) is 0 Å². The summed E-state index contributed by atoms with van der Waals surface area (Å²) in [5.74, 6) is -0.920. The minimum atomic E-state index is -0.795. The van der Waals surface area contributed by atoms with Crippen LogP contribution in [0.2, 0.25) is 0 Å². The van der Waals surface area contributed by atoms with E-state index in [0.717, 1.165) is 148 Å². The average Bonchev–Trinajstić information content (AvgIpc) is 3.46. The van der Waals surface area contributed by atoms with Crippen LogP contribution < -0.4 is 0 Å². The number of allylic oxidation sites excluding steroid dienone is 22. The molecule has 0 amide bonds. The van der Waals surface area contributed by atoms with Crippen molar-refractivity contribution in [3.63, 3.8) is 0 Å². The van der Waals surface area contributed by atoms with E-state index in [4.69, 9.17) is 14.2 Å². The molecule has 0 saturated carbocycles. The number of rotatable bonds is 59. The Hall–Kier alpha value is -4.45. The van der Waals surface area contributed by atoms with E-state index in [1.807, 2.05) is 0 Å². The third-order valence-corrected chi connectivity index (χ3v) is 13.9. The highest BCUT2D eigenvalue weighted by molar-refractivity contribution is 5.71. The molecule has 1 unspecified atom stereocenters. The summed E-state index contributed by atoms with van der Waals surface area (Å²) in [6, 6.07) is 0. The van der Waals surface area contributed by atoms with Gasteiger partial charge in [-0.3, -0.25) is 14.4 Å². The normalized spacial score (nSPS) is 13.0. The Morgan fingerprint density at radius 1 is 0.263 bits per heavy atom. The number of carbonyl (C=O) groups is 3. The number of ether oxygens (including phenoxy) is 3. The second kappa shape index (κ2) is 67.1. The van der Waals surface area contributed by atoms with Crippen LogP contribution in [0.25, 0.3) is 0 Å². The van der Waals surface area contributed by atoms with Gasteiger partial charge in [0.25, 0.3) is 0 Å². The van der Waals surface area contributed by atoms with Gasteiger partial charge in [-0.15, -0.1) is 0 Å². The lowest BCUT2D eigenvalue weighted by Crippen LogP contribution is -2.30. The van der Waals surface area contributed by atoms with Gasteiger partial charge in [-0.1, -0.05) is 289 Å².